The van der Waals surface area contributed by atoms with E-state index < -0.39 is 0 Å². The van der Waals surface area contributed by atoms with E-state index in [1.807, 2.05) is 12.1 Å². The number of benzene rings is 2. The highest BCUT2D eigenvalue weighted by atomic mass is 16.5. The number of likely N-dealkylation sites (tertiary alicyclic amines) is 1. The fourth-order valence-electron chi connectivity index (χ4n) is 3.08. The first-order valence-corrected chi connectivity index (χ1v) is 7.53. The van der Waals surface area contributed by atoms with Gasteiger partial charge < -0.3 is 4.74 Å². The third-order valence-electron chi connectivity index (χ3n) is 4.27. The van der Waals surface area contributed by atoms with Crippen molar-refractivity contribution in [3.8, 4) is 11.8 Å². The molecule has 0 amide bonds. The van der Waals surface area contributed by atoms with Gasteiger partial charge in [0.1, 0.15) is 11.8 Å². The summed E-state index contributed by atoms with van der Waals surface area (Å²) in [5, 5.41) is 11.9. The lowest BCUT2D eigenvalue weighted by Crippen LogP contribution is -2.33. The van der Waals surface area contributed by atoms with Crippen LogP contribution in [0.15, 0.2) is 36.4 Å². The number of nitriles is 1. The lowest BCUT2D eigenvalue weighted by atomic mass is 9.99. The van der Waals surface area contributed by atoms with E-state index in [-0.39, 0.29) is 6.04 Å². The molecule has 1 aliphatic rings. The molecule has 2 aromatic rings. The maximum atomic E-state index is 9.57. The van der Waals surface area contributed by atoms with Gasteiger partial charge in [-0.3, -0.25) is 4.90 Å². The summed E-state index contributed by atoms with van der Waals surface area (Å²) in [5.41, 5.74) is 1.09. The third-order valence-corrected chi connectivity index (χ3v) is 4.27. The minimum atomic E-state index is -0.128. The molecule has 21 heavy (non-hydrogen) atoms. The number of ether oxygens (including phenoxy) is 1. The molecule has 2 aromatic carbocycles. The summed E-state index contributed by atoms with van der Waals surface area (Å²) in [6.07, 6.45) is 3.68. The monoisotopic (exact) mass is 280 g/mol. The summed E-state index contributed by atoms with van der Waals surface area (Å²) in [6.45, 7) is 2.05. The van der Waals surface area contributed by atoms with Crippen molar-refractivity contribution < 1.29 is 4.74 Å². The fourth-order valence-corrected chi connectivity index (χ4v) is 3.08. The quantitative estimate of drug-likeness (QED) is 0.855. The Morgan fingerprint density at radius 2 is 1.76 bits per heavy atom. The van der Waals surface area contributed by atoms with Crippen LogP contribution in [0.25, 0.3) is 10.8 Å². The van der Waals surface area contributed by atoms with Gasteiger partial charge >= 0.3 is 0 Å². The number of hydrogen-bond donors (Lipinski definition) is 0. The van der Waals surface area contributed by atoms with Crippen molar-refractivity contribution in [2.45, 2.75) is 25.3 Å². The van der Waals surface area contributed by atoms with Gasteiger partial charge in [0.05, 0.1) is 13.2 Å². The summed E-state index contributed by atoms with van der Waals surface area (Å²) >= 11 is 0. The zero-order valence-electron chi connectivity index (χ0n) is 12.4. The SMILES string of the molecule is COc1ccc2cc(C(C#N)N3CCCCC3)ccc2c1. The molecule has 0 radical (unpaired) electrons. The van der Waals surface area contributed by atoms with E-state index in [9.17, 15) is 5.26 Å². The highest BCUT2D eigenvalue weighted by Crippen LogP contribution is 2.28. The van der Waals surface area contributed by atoms with Crippen molar-refractivity contribution in [1.82, 2.24) is 4.90 Å². The first kappa shape index (κ1) is 13.9. The van der Waals surface area contributed by atoms with Crippen LogP contribution < -0.4 is 4.74 Å². The Morgan fingerprint density at radius 1 is 1.05 bits per heavy atom. The molecule has 1 unspecified atom stereocenters. The number of hydrogen-bond acceptors (Lipinski definition) is 3. The standard InChI is InChI=1S/C18H20N2O/c1-21-17-8-7-14-11-16(6-5-15(14)12-17)18(13-19)20-9-3-2-4-10-20/h5-8,11-12,18H,2-4,9-10H2,1H3. The zero-order valence-corrected chi connectivity index (χ0v) is 12.4. The molecule has 0 N–H and O–H groups in total. The lowest BCUT2D eigenvalue weighted by Gasteiger charge is -2.30. The molecule has 3 nitrogen and oxygen atoms in total. The van der Waals surface area contributed by atoms with Crippen molar-refractivity contribution in [3.05, 3.63) is 42.0 Å². The fraction of sp³-hybridized carbons (Fsp3) is 0.389. The number of nitrogens with zero attached hydrogens (tertiary/aromatic N) is 2. The van der Waals surface area contributed by atoms with E-state index in [1.165, 1.54) is 19.3 Å². The minimum Gasteiger partial charge on any atom is -0.497 e. The summed E-state index contributed by atoms with van der Waals surface area (Å²) in [6, 6.07) is 14.7. The van der Waals surface area contributed by atoms with Gasteiger partial charge in [-0.05, 0) is 60.5 Å². The van der Waals surface area contributed by atoms with Crippen LogP contribution in [-0.2, 0) is 0 Å². The number of fused-ring (bicyclic) bond motifs is 1. The molecular weight excluding hydrogens is 260 g/mol. The minimum absolute atomic E-state index is 0.128. The van der Waals surface area contributed by atoms with E-state index in [1.54, 1.807) is 7.11 Å². The van der Waals surface area contributed by atoms with Gasteiger partial charge in [-0.2, -0.15) is 5.26 Å². The molecule has 3 rings (SSSR count). The third kappa shape index (κ3) is 2.86. The Balaban J connectivity index is 1.93. The Morgan fingerprint density at radius 3 is 2.48 bits per heavy atom. The molecule has 0 spiro atoms. The van der Waals surface area contributed by atoms with Gasteiger partial charge in [-0.25, -0.2) is 0 Å². The predicted molar refractivity (Wildman–Crippen MR) is 84.3 cm³/mol. The molecule has 1 fully saturated rings. The van der Waals surface area contributed by atoms with Crippen LogP contribution in [0.3, 0.4) is 0 Å². The molecule has 0 bridgehead atoms. The van der Waals surface area contributed by atoms with Gasteiger partial charge in [-0.1, -0.05) is 24.6 Å². The average molecular weight is 280 g/mol. The summed E-state index contributed by atoms with van der Waals surface area (Å²) in [4.78, 5) is 2.30. The smallest absolute Gasteiger partial charge is 0.123 e. The molecule has 1 saturated heterocycles. The maximum absolute atomic E-state index is 9.57. The molecular formula is C18H20N2O. The van der Waals surface area contributed by atoms with Crippen LogP contribution in [0, 0.1) is 11.3 Å². The topological polar surface area (TPSA) is 36.3 Å². The summed E-state index contributed by atoms with van der Waals surface area (Å²) < 4.78 is 5.26. The van der Waals surface area contributed by atoms with E-state index in [0.29, 0.717) is 0 Å². The number of piperidine rings is 1. The normalized spacial score (nSPS) is 17.3. The molecule has 1 atom stereocenters. The Labute approximate surface area is 125 Å². The number of rotatable bonds is 3. The molecule has 3 heteroatoms. The summed E-state index contributed by atoms with van der Waals surface area (Å²) in [7, 11) is 1.68. The second-order valence-corrected chi connectivity index (χ2v) is 5.60. The maximum Gasteiger partial charge on any atom is 0.123 e. The second kappa shape index (κ2) is 6.15. The highest BCUT2D eigenvalue weighted by Gasteiger charge is 2.21. The highest BCUT2D eigenvalue weighted by molar-refractivity contribution is 5.84. The van der Waals surface area contributed by atoms with Crippen molar-refractivity contribution >= 4 is 10.8 Å². The van der Waals surface area contributed by atoms with Gasteiger partial charge in [0, 0.05) is 0 Å². The molecule has 0 saturated carbocycles. The van der Waals surface area contributed by atoms with E-state index in [0.717, 1.165) is 35.2 Å². The zero-order chi connectivity index (χ0) is 14.7. The van der Waals surface area contributed by atoms with Crippen molar-refractivity contribution in [1.29, 1.82) is 5.26 Å². The van der Waals surface area contributed by atoms with Crippen LogP contribution in [0.5, 0.6) is 5.75 Å². The Kier molecular flexibility index (Phi) is 4.08. The second-order valence-electron chi connectivity index (χ2n) is 5.60. The average Bonchev–Trinajstić information content (AvgIpc) is 2.56. The first-order chi connectivity index (χ1) is 10.3. The van der Waals surface area contributed by atoms with Gasteiger partial charge in [0.2, 0.25) is 0 Å². The molecule has 0 aliphatic carbocycles. The molecule has 1 aliphatic heterocycles. The van der Waals surface area contributed by atoms with Crippen LogP contribution in [0.4, 0.5) is 0 Å². The lowest BCUT2D eigenvalue weighted by molar-refractivity contribution is 0.196. The predicted octanol–water partition coefficient (Wildman–Crippen LogP) is 3.90. The number of methoxy groups -OCH3 is 1. The van der Waals surface area contributed by atoms with Gasteiger partial charge in [0.15, 0.2) is 0 Å². The first-order valence-electron chi connectivity index (χ1n) is 7.53. The molecule has 1 heterocycles. The van der Waals surface area contributed by atoms with Crippen LogP contribution in [0.2, 0.25) is 0 Å². The van der Waals surface area contributed by atoms with Crippen molar-refractivity contribution in [2.75, 3.05) is 20.2 Å². The van der Waals surface area contributed by atoms with E-state index in [2.05, 4.69) is 35.2 Å². The Bertz CT molecular complexity index is 668. The van der Waals surface area contributed by atoms with Crippen LogP contribution in [0.1, 0.15) is 30.9 Å². The van der Waals surface area contributed by atoms with Gasteiger partial charge in [-0.15, -0.1) is 0 Å². The summed E-state index contributed by atoms with van der Waals surface area (Å²) in [5.74, 6) is 0.864. The van der Waals surface area contributed by atoms with E-state index >= 15 is 0 Å². The van der Waals surface area contributed by atoms with E-state index in [4.69, 9.17) is 4.74 Å². The van der Waals surface area contributed by atoms with Crippen LogP contribution >= 0.6 is 0 Å². The van der Waals surface area contributed by atoms with Crippen molar-refractivity contribution in [3.63, 3.8) is 0 Å². The molecule has 0 aromatic heterocycles. The van der Waals surface area contributed by atoms with Crippen LogP contribution in [-0.4, -0.2) is 25.1 Å². The molecule has 108 valence electrons. The van der Waals surface area contributed by atoms with Crippen molar-refractivity contribution in [2.24, 2.45) is 0 Å². The largest absolute Gasteiger partial charge is 0.497 e. The van der Waals surface area contributed by atoms with Gasteiger partial charge in [0.25, 0.3) is 0 Å². The Hall–Kier alpha value is -2.05.